The molecular formula is C24H27FN4O3S. The number of nitrogens with zero attached hydrogens (tertiary/aromatic N) is 3. The number of piperazine rings is 1. The third kappa shape index (κ3) is 3.88. The van der Waals surface area contributed by atoms with Crippen LogP contribution in [0.15, 0.2) is 35.3 Å². The number of benzene rings is 1. The summed E-state index contributed by atoms with van der Waals surface area (Å²) in [6, 6.07) is 3.24. The second-order valence-corrected chi connectivity index (χ2v) is 9.48. The molecular weight excluding hydrogens is 443 g/mol. The van der Waals surface area contributed by atoms with Crippen molar-refractivity contribution in [2.45, 2.75) is 32.4 Å². The van der Waals surface area contributed by atoms with Gasteiger partial charge >= 0.3 is 5.97 Å². The summed E-state index contributed by atoms with van der Waals surface area (Å²) >= 11 is 5.66. The van der Waals surface area contributed by atoms with E-state index in [4.69, 9.17) is 12.2 Å². The molecule has 1 aliphatic heterocycles. The molecule has 7 nitrogen and oxygen atoms in total. The van der Waals surface area contributed by atoms with Gasteiger partial charge in [-0.2, -0.15) is 0 Å². The largest absolute Gasteiger partial charge is 0.477 e. The van der Waals surface area contributed by atoms with Crippen molar-refractivity contribution in [2.24, 2.45) is 11.8 Å². The summed E-state index contributed by atoms with van der Waals surface area (Å²) in [6.07, 6.45) is 8.29. The van der Waals surface area contributed by atoms with Crippen LogP contribution in [0.3, 0.4) is 0 Å². The van der Waals surface area contributed by atoms with Gasteiger partial charge < -0.3 is 24.8 Å². The summed E-state index contributed by atoms with van der Waals surface area (Å²) in [6.45, 7) is 4.89. The maximum absolute atomic E-state index is 15.1. The summed E-state index contributed by atoms with van der Waals surface area (Å²) < 4.78 is 16.8. The van der Waals surface area contributed by atoms with Crippen LogP contribution >= 0.6 is 12.2 Å². The van der Waals surface area contributed by atoms with Crippen molar-refractivity contribution < 1.29 is 14.3 Å². The fourth-order valence-electron chi connectivity index (χ4n) is 5.40. The van der Waals surface area contributed by atoms with Crippen LogP contribution in [0.25, 0.3) is 10.9 Å². The number of aromatic carboxylic acids is 1. The molecule has 9 heteroatoms. The van der Waals surface area contributed by atoms with Crippen molar-refractivity contribution in [1.82, 2.24) is 14.8 Å². The molecule has 1 aromatic carbocycles. The minimum atomic E-state index is -1.31. The highest BCUT2D eigenvalue weighted by atomic mass is 32.1. The van der Waals surface area contributed by atoms with Gasteiger partial charge in [-0.1, -0.05) is 12.2 Å². The molecule has 1 saturated carbocycles. The van der Waals surface area contributed by atoms with Crippen LogP contribution in [0.1, 0.15) is 30.1 Å². The molecule has 2 N–H and O–H groups in total. The Kier molecular flexibility index (Phi) is 5.60. The standard InChI is InChI=1S/C24H27FN4O3S/c1-2-27-13-17(23(31)32)22(30)16-11-18(25)21(12-20(16)27)28-5-7-29(8-6-28)24(33)26-19-10-14-3-4-15(19)9-14/h3-4,11-15,19H,2,5-10H2,1H3,(H,26,33)(H,31,32)/t14-,15+,19+/m0/s1. The van der Waals surface area contributed by atoms with Crippen molar-refractivity contribution in [2.75, 3.05) is 31.1 Å². The zero-order valence-corrected chi connectivity index (χ0v) is 19.3. The summed E-state index contributed by atoms with van der Waals surface area (Å²) in [4.78, 5) is 28.1. The van der Waals surface area contributed by atoms with Crippen LogP contribution in [-0.2, 0) is 6.54 Å². The van der Waals surface area contributed by atoms with E-state index in [0.29, 0.717) is 61.8 Å². The molecule has 0 spiro atoms. The third-order valence-corrected chi connectivity index (χ3v) is 7.59. The average molecular weight is 471 g/mol. The number of hydrogen-bond donors (Lipinski definition) is 2. The number of carboxylic acids is 1. The number of carbonyl (C=O) groups is 1. The van der Waals surface area contributed by atoms with Crippen molar-refractivity contribution >= 4 is 39.9 Å². The quantitative estimate of drug-likeness (QED) is 0.526. The molecule has 1 aromatic heterocycles. The van der Waals surface area contributed by atoms with Gasteiger partial charge in [0.2, 0.25) is 5.43 Å². The number of anilines is 1. The number of halogens is 1. The Bertz CT molecular complexity index is 1220. The predicted molar refractivity (Wildman–Crippen MR) is 129 cm³/mol. The summed E-state index contributed by atoms with van der Waals surface area (Å²) in [7, 11) is 0. The van der Waals surface area contributed by atoms with Gasteiger partial charge in [-0.05, 0) is 56.0 Å². The molecule has 3 atom stereocenters. The third-order valence-electron chi connectivity index (χ3n) is 7.22. The lowest BCUT2D eigenvalue weighted by molar-refractivity contribution is 0.0695. The van der Waals surface area contributed by atoms with Gasteiger partial charge in [0.1, 0.15) is 11.4 Å². The first-order valence-electron chi connectivity index (χ1n) is 11.4. The second kappa shape index (κ2) is 8.44. The molecule has 2 heterocycles. The van der Waals surface area contributed by atoms with Crippen molar-refractivity contribution in [3.8, 4) is 0 Å². The first-order valence-corrected chi connectivity index (χ1v) is 11.8. The van der Waals surface area contributed by atoms with E-state index in [1.54, 1.807) is 10.6 Å². The molecule has 0 amide bonds. The molecule has 0 radical (unpaired) electrons. The second-order valence-electron chi connectivity index (χ2n) is 9.09. The topological polar surface area (TPSA) is 77.8 Å². The van der Waals surface area contributed by atoms with Gasteiger partial charge in [-0.15, -0.1) is 0 Å². The van der Waals surface area contributed by atoms with E-state index in [1.165, 1.54) is 18.7 Å². The zero-order valence-electron chi connectivity index (χ0n) is 18.5. The highest BCUT2D eigenvalue weighted by Crippen LogP contribution is 2.39. The Labute approximate surface area is 196 Å². The van der Waals surface area contributed by atoms with Crippen molar-refractivity contribution in [3.63, 3.8) is 0 Å². The number of rotatable bonds is 4. The number of hydrogen-bond acceptors (Lipinski definition) is 4. The highest BCUT2D eigenvalue weighted by molar-refractivity contribution is 7.80. The van der Waals surface area contributed by atoms with Gasteiger partial charge in [0.05, 0.1) is 11.2 Å². The van der Waals surface area contributed by atoms with Crippen molar-refractivity contribution in [3.05, 3.63) is 52.1 Å². The number of thiocarbonyl (C=S) groups is 1. The van der Waals surface area contributed by atoms with Gasteiger partial charge in [0, 0.05) is 50.3 Å². The maximum atomic E-state index is 15.1. The summed E-state index contributed by atoms with van der Waals surface area (Å²) in [5, 5.41) is 13.7. The minimum Gasteiger partial charge on any atom is -0.477 e. The van der Waals surface area contributed by atoms with Gasteiger partial charge in [0.15, 0.2) is 5.11 Å². The Hall–Kier alpha value is -2.94. The number of aromatic nitrogens is 1. The molecule has 2 fully saturated rings. The van der Waals surface area contributed by atoms with Crippen LogP contribution in [0.2, 0.25) is 0 Å². The van der Waals surface area contributed by atoms with E-state index in [-0.39, 0.29) is 10.9 Å². The molecule has 2 aromatic rings. The van der Waals surface area contributed by atoms with Gasteiger partial charge in [0.25, 0.3) is 0 Å². The highest BCUT2D eigenvalue weighted by Gasteiger charge is 2.36. The SMILES string of the molecule is CCn1cc(C(=O)O)c(=O)c2cc(F)c(N3CCN(C(=S)N[C@@H]4C[C@H]5C=C[C@@H]4C5)CC3)cc21. The van der Waals surface area contributed by atoms with Crippen LogP contribution in [0.4, 0.5) is 10.1 Å². The molecule has 3 aliphatic rings. The minimum absolute atomic E-state index is 0.0851. The van der Waals surface area contributed by atoms with Crippen LogP contribution < -0.4 is 15.6 Å². The van der Waals surface area contributed by atoms with Crippen molar-refractivity contribution in [1.29, 1.82) is 0 Å². The molecule has 5 rings (SSSR count). The number of fused-ring (bicyclic) bond motifs is 3. The van der Waals surface area contributed by atoms with Gasteiger partial charge in [-0.25, -0.2) is 9.18 Å². The van der Waals surface area contributed by atoms with Crippen LogP contribution in [-0.4, -0.2) is 57.9 Å². The van der Waals surface area contributed by atoms with E-state index in [2.05, 4.69) is 22.4 Å². The number of pyridine rings is 1. The number of nitrogens with one attached hydrogen (secondary N) is 1. The van der Waals surface area contributed by atoms with E-state index in [0.717, 1.165) is 11.5 Å². The van der Waals surface area contributed by atoms with Crippen LogP contribution in [0.5, 0.6) is 0 Å². The first-order chi connectivity index (χ1) is 15.9. The zero-order chi connectivity index (χ0) is 23.3. The lowest BCUT2D eigenvalue weighted by atomic mass is 10.0. The maximum Gasteiger partial charge on any atom is 0.341 e. The Morgan fingerprint density at radius 1 is 1.21 bits per heavy atom. The molecule has 33 heavy (non-hydrogen) atoms. The molecule has 174 valence electrons. The normalized spacial score (nSPS) is 24.0. The Morgan fingerprint density at radius 3 is 2.58 bits per heavy atom. The first kappa shape index (κ1) is 21.9. The Morgan fingerprint density at radius 2 is 1.97 bits per heavy atom. The number of aryl methyl sites for hydroxylation is 1. The van der Waals surface area contributed by atoms with Gasteiger partial charge in [-0.3, -0.25) is 4.79 Å². The lowest BCUT2D eigenvalue weighted by Crippen LogP contribution is -2.54. The Balaban J connectivity index is 1.33. The smallest absolute Gasteiger partial charge is 0.341 e. The van der Waals surface area contributed by atoms with E-state index >= 15 is 4.39 Å². The monoisotopic (exact) mass is 470 g/mol. The fourth-order valence-corrected chi connectivity index (χ4v) is 5.74. The molecule has 0 unspecified atom stereocenters. The molecule has 2 aliphatic carbocycles. The number of carboxylic acid groups (broad SMARTS) is 1. The van der Waals surface area contributed by atoms with E-state index < -0.39 is 17.2 Å². The van der Waals surface area contributed by atoms with E-state index in [1.807, 2.05) is 11.8 Å². The van der Waals surface area contributed by atoms with E-state index in [9.17, 15) is 14.7 Å². The predicted octanol–water partition coefficient (Wildman–Crippen LogP) is 2.82. The average Bonchev–Trinajstić information content (AvgIpc) is 3.42. The summed E-state index contributed by atoms with van der Waals surface area (Å²) in [5.41, 5.74) is -0.0572. The number of allylic oxidation sites excluding steroid dienone is 1. The van der Waals surface area contributed by atoms with Crippen LogP contribution in [0, 0.1) is 17.7 Å². The lowest BCUT2D eigenvalue weighted by Gasteiger charge is -2.38. The fraction of sp³-hybridized carbons (Fsp3) is 0.458. The molecule has 2 bridgehead atoms. The summed E-state index contributed by atoms with van der Waals surface area (Å²) in [5.74, 6) is -0.586. The molecule has 1 saturated heterocycles.